The van der Waals surface area contributed by atoms with Gasteiger partial charge >= 0.3 is 5.97 Å². The largest absolute Gasteiger partial charge is 0.478 e. The van der Waals surface area contributed by atoms with Crippen molar-refractivity contribution >= 4 is 17.6 Å². The molecule has 98 valence electrons. The van der Waals surface area contributed by atoms with Gasteiger partial charge in [0.1, 0.15) is 6.26 Å². The van der Waals surface area contributed by atoms with Crippen molar-refractivity contribution < 1.29 is 19.1 Å². The van der Waals surface area contributed by atoms with Crippen LogP contribution in [0.2, 0.25) is 0 Å². The van der Waals surface area contributed by atoms with Crippen molar-refractivity contribution in [1.82, 2.24) is 0 Å². The fourth-order valence-corrected chi connectivity index (χ4v) is 1.74. The Morgan fingerprint density at radius 2 is 1.95 bits per heavy atom. The lowest BCUT2D eigenvalue weighted by Crippen LogP contribution is -2.30. The van der Waals surface area contributed by atoms with Crippen molar-refractivity contribution in [2.45, 2.75) is 6.92 Å². The Bertz CT molecular complexity index is 589. The number of carboxylic acid groups (broad SMARTS) is 1. The van der Waals surface area contributed by atoms with E-state index in [0.29, 0.717) is 6.54 Å². The molecule has 0 aliphatic carbocycles. The molecule has 2 rings (SSSR count). The van der Waals surface area contributed by atoms with Gasteiger partial charge < -0.3 is 14.4 Å². The Balaban J connectivity index is 2.28. The molecule has 0 unspecified atom stereocenters. The van der Waals surface area contributed by atoms with E-state index in [-0.39, 0.29) is 17.2 Å². The number of carbonyl (C=O) groups excluding carboxylic acids is 1. The first-order valence-electron chi connectivity index (χ1n) is 5.82. The number of para-hydroxylation sites is 1. The monoisotopic (exact) mass is 259 g/mol. The third kappa shape index (κ3) is 2.65. The number of furan rings is 1. The van der Waals surface area contributed by atoms with Crippen LogP contribution in [0.15, 0.2) is 47.1 Å². The van der Waals surface area contributed by atoms with Gasteiger partial charge in [-0.3, -0.25) is 4.79 Å². The highest BCUT2D eigenvalue weighted by molar-refractivity contribution is 6.05. The number of anilines is 1. The lowest BCUT2D eigenvalue weighted by Gasteiger charge is -2.19. The summed E-state index contributed by atoms with van der Waals surface area (Å²) in [6.07, 6.45) is 1.06. The molecular weight excluding hydrogens is 246 g/mol. The Hall–Kier alpha value is -2.56. The molecule has 1 aromatic heterocycles. The highest BCUT2D eigenvalue weighted by Gasteiger charge is 2.20. The summed E-state index contributed by atoms with van der Waals surface area (Å²) in [6.45, 7) is 2.30. The summed E-state index contributed by atoms with van der Waals surface area (Å²) in [5, 5.41) is 8.81. The van der Waals surface area contributed by atoms with Crippen molar-refractivity contribution in [1.29, 1.82) is 0 Å². The van der Waals surface area contributed by atoms with E-state index in [1.165, 1.54) is 11.0 Å². The molecule has 0 aliphatic heterocycles. The second kappa shape index (κ2) is 5.39. The molecule has 0 saturated carbocycles. The maximum atomic E-state index is 12.3. The maximum Gasteiger partial charge on any atom is 0.338 e. The number of hydrogen-bond acceptors (Lipinski definition) is 3. The van der Waals surface area contributed by atoms with Crippen molar-refractivity contribution in [2.24, 2.45) is 0 Å². The van der Waals surface area contributed by atoms with Crippen LogP contribution in [-0.4, -0.2) is 23.5 Å². The van der Waals surface area contributed by atoms with E-state index in [1.807, 2.05) is 37.3 Å². The highest BCUT2D eigenvalue weighted by Crippen LogP contribution is 2.18. The van der Waals surface area contributed by atoms with Crippen LogP contribution in [0.5, 0.6) is 0 Å². The van der Waals surface area contributed by atoms with E-state index in [4.69, 9.17) is 9.52 Å². The molecule has 2 aromatic rings. The molecule has 1 amide bonds. The Morgan fingerprint density at radius 1 is 1.26 bits per heavy atom. The molecule has 1 heterocycles. The molecular formula is C14H13NO4. The smallest absolute Gasteiger partial charge is 0.338 e. The molecule has 0 bridgehead atoms. The first-order valence-corrected chi connectivity index (χ1v) is 5.82. The summed E-state index contributed by atoms with van der Waals surface area (Å²) in [4.78, 5) is 24.5. The molecule has 5 nitrogen and oxygen atoms in total. The second-order valence-corrected chi connectivity index (χ2v) is 3.89. The van der Waals surface area contributed by atoms with E-state index < -0.39 is 5.97 Å². The zero-order valence-corrected chi connectivity index (χ0v) is 10.4. The van der Waals surface area contributed by atoms with Gasteiger partial charge in [-0.05, 0) is 19.1 Å². The van der Waals surface area contributed by atoms with Crippen LogP contribution in [-0.2, 0) is 0 Å². The Morgan fingerprint density at radius 3 is 2.47 bits per heavy atom. The molecule has 0 aliphatic rings. The fourth-order valence-electron chi connectivity index (χ4n) is 1.74. The summed E-state index contributed by atoms with van der Waals surface area (Å²) in [5.74, 6) is -1.46. The zero-order chi connectivity index (χ0) is 13.8. The van der Waals surface area contributed by atoms with Gasteiger partial charge in [0.15, 0.2) is 5.76 Å². The summed E-state index contributed by atoms with van der Waals surface area (Å²) in [7, 11) is 0. The van der Waals surface area contributed by atoms with Gasteiger partial charge in [0, 0.05) is 18.3 Å². The first kappa shape index (κ1) is 12.9. The summed E-state index contributed by atoms with van der Waals surface area (Å²) >= 11 is 0. The van der Waals surface area contributed by atoms with Gasteiger partial charge in [-0.25, -0.2) is 4.79 Å². The van der Waals surface area contributed by atoms with Gasteiger partial charge in [0.2, 0.25) is 0 Å². The normalized spacial score (nSPS) is 10.2. The van der Waals surface area contributed by atoms with Gasteiger partial charge in [-0.15, -0.1) is 0 Å². The summed E-state index contributed by atoms with van der Waals surface area (Å²) < 4.78 is 5.02. The Kier molecular flexibility index (Phi) is 3.66. The van der Waals surface area contributed by atoms with E-state index >= 15 is 0 Å². The van der Waals surface area contributed by atoms with E-state index in [9.17, 15) is 9.59 Å². The summed E-state index contributed by atoms with van der Waals surface area (Å²) in [6, 6.07) is 10.4. The third-order valence-corrected chi connectivity index (χ3v) is 2.69. The predicted molar refractivity (Wildman–Crippen MR) is 69.5 cm³/mol. The molecule has 0 radical (unpaired) electrons. The van der Waals surface area contributed by atoms with Gasteiger partial charge in [-0.2, -0.15) is 0 Å². The second-order valence-electron chi connectivity index (χ2n) is 3.89. The Labute approximate surface area is 110 Å². The SMILES string of the molecule is CCN(C(=O)c1cc(C(=O)O)co1)c1ccccc1. The van der Waals surface area contributed by atoms with Gasteiger partial charge in [0.25, 0.3) is 5.91 Å². The van der Waals surface area contributed by atoms with Crippen molar-refractivity contribution in [2.75, 3.05) is 11.4 Å². The topological polar surface area (TPSA) is 70.8 Å². The minimum atomic E-state index is -1.12. The molecule has 1 N–H and O–H groups in total. The van der Waals surface area contributed by atoms with Crippen LogP contribution >= 0.6 is 0 Å². The molecule has 0 fully saturated rings. The number of amides is 1. The first-order chi connectivity index (χ1) is 9.13. The quantitative estimate of drug-likeness (QED) is 0.916. The van der Waals surface area contributed by atoms with Gasteiger partial charge in [0.05, 0.1) is 5.56 Å². The average molecular weight is 259 g/mol. The third-order valence-electron chi connectivity index (χ3n) is 2.69. The van der Waals surface area contributed by atoms with E-state index in [2.05, 4.69) is 0 Å². The number of hydrogen-bond donors (Lipinski definition) is 1. The lowest BCUT2D eigenvalue weighted by molar-refractivity contribution is 0.0696. The van der Waals surface area contributed by atoms with Crippen LogP contribution in [0.4, 0.5) is 5.69 Å². The van der Waals surface area contributed by atoms with Crippen molar-refractivity contribution in [3.8, 4) is 0 Å². The molecule has 1 aromatic carbocycles. The van der Waals surface area contributed by atoms with Crippen LogP contribution in [0, 0.1) is 0 Å². The number of rotatable bonds is 4. The number of carbonyl (C=O) groups is 2. The van der Waals surface area contributed by atoms with Crippen LogP contribution in [0.1, 0.15) is 27.8 Å². The number of benzene rings is 1. The minimum absolute atomic E-state index is 0.0168. The molecule has 0 spiro atoms. The van der Waals surface area contributed by atoms with Crippen LogP contribution in [0.3, 0.4) is 0 Å². The number of aromatic carboxylic acids is 1. The maximum absolute atomic E-state index is 12.3. The molecule has 5 heteroatoms. The lowest BCUT2D eigenvalue weighted by atomic mass is 10.2. The average Bonchev–Trinajstić information content (AvgIpc) is 2.90. The van der Waals surface area contributed by atoms with Crippen molar-refractivity contribution in [3.05, 3.63) is 54.0 Å². The highest BCUT2D eigenvalue weighted by atomic mass is 16.4. The predicted octanol–water partition coefficient (Wildman–Crippen LogP) is 2.64. The fraction of sp³-hybridized carbons (Fsp3) is 0.143. The number of carboxylic acids is 1. The van der Waals surface area contributed by atoms with E-state index in [1.54, 1.807) is 0 Å². The summed E-state index contributed by atoms with van der Waals surface area (Å²) in [5.41, 5.74) is 0.704. The molecule has 0 atom stereocenters. The number of nitrogens with zero attached hydrogens (tertiary/aromatic N) is 1. The van der Waals surface area contributed by atoms with E-state index in [0.717, 1.165) is 12.0 Å². The zero-order valence-electron chi connectivity index (χ0n) is 10.4. The standard InChI is InChI=1S/C14H13NO4/c1-2-15(11-6-4-3-5-7-11)13(16)12-8-10(9-19-12)14(17)18/h3-9H,2H2,1H3,(H,17,18). The molecule has 19 heavy (non-hydrogen) atoms. The van der Waals surface area contributed by atoms with Crippen molar-refractivity contribution in [3.63, 3.8) is 0 Å². The molecule has 0 saturated heterocycles. The minimum Gasteiger partial charge on any atom is -0.478 e. The van der Waals surface area contributed by atoms with Crippen LogP contribution < -0.4 is 4.90 Å². The van der Waals surface area contributed by atoms with Gasteiger partial charge in [-0.1, -0.05) is 18.2 Å². The van der Waals surface area contributed by atoms with Crippen LogP contribution in [0.25, 0.3) is 0 Å².